The number of anilines is 1. The SMILES string of the molecule is Cc1ccc(S(=O)(=O)N2CCCN([C@@H](C)C(=O)Nc3ccc4c(c3)OCO4)CC2)cc1. The van der Waals surface area contributed by atoms with Crippen LogP contribution in [0.3, 0.4) is 0 Å². The molecular formula is C22H27N3O5S. The minimum atomic E-state index is -3.55. The Morgan fingerprint density at radius 2 is 1.74 bits per heavy atom. The molecular weight excluding hydrogens is 418 g/mol. The van der Waals surface area contributed by atoms with E-state index < -0.39 is 16.1 Å². The average Bonchev–Trinajstić information content (AvgIpc) is 3.07. The van der Waals surface area contributed by atoms with Gasteiger partial charge in [-0.2, -0.15) is 4.31 Å². The van der Waals surface area contributed by atoms with Gasteiger partial charge in [-0.3, -0.25) is 9.69 Å². The number of nitrogens with zero attached hydrogens (tertiary/aromatic N) is 2. The molecule has 1 N–H and O–H groups in total. The number of hydrogen-bond donors (Lipinski definition) is 1. The molecule has 0 unspecified atom stereocenters. The van der Waals surface area contributed by atoms with E-state index in [0.717, 1.165) is 5.56 Å². The Kier molecular flexibility index (Phi) is 6.17. The van der Waals surface area contributed by atoms with Crippen molar-refractivity contribution < 1.29 is 22.7 Å². The fourth-order valence-electron chi connectivity index (χ4n) is 3.79. The summed E-state index contributed by atoms with van der Waals surface area (Å²) in [7, 11) is -3.55. The van der Waals surface area contributed by atoms with Gasteiger partial charge in [-0.1, -0.05) is 17.7 Å². The van der Waals surface area contributed by atoms with Gasteiger partial charge in [-0.25, -0.2) is 8.42 Å². The maximum Gasteiger partial charge on any atom is 0.243 e. The zero-order valence-electron chi connectivity index (χ0n) is 17.7. The highest BCUT2D eigenvalue weighted by atomic mass is 32.2. The van der Waals surface area contributed by atoms with Crippen LogP contribution in [-0.2, 0) is 14.8 Å². The fraction of sp³-hybridized carbons (Fsp3) is 0.409. The van der Waals surface area contributed by atoms with Crippen LogP contribution < -0.4 is 14.8 Å². The molecule has 0 aliphatic carbocycles. The number of rotatable bonds is 5. The quantitative estimate of drug-likeness (QED) is 0.761. The van der Waals surface area contributed by atoms with Crippen LogP contribution in [0.15, 0.2) is 47.4 Å². The maximum absolute atomic E-state index is 13.0. The lowest BCUT2D eigenvalue weighted by Crippen LogP contribution is -2.44. The molecule has 1 fully saturated rings. The highest BCUT2D eigenvalue weighted by molar-refractivity contribution is 7.89. The van der Waals surface area contributed by atoms with Crippen LogP contribution in [0.4, 0.5) is 5.69 Å². The summed E-state index contributed by atoms with van der Waals surface area (Å²) in [5, 5.41) is 2.91. The molecule has 166 valence electrons. The molecule has 1 atom stereocenters. The lowest BCUT2D eigenvalue weighted by atomic mass is 10.2. The average molecular weight is 446 g/mol. The molecule has 4 rings (SSSR count). The van der Waals surface area contributed by atoms with E-state index in [1.165, 1.54) is 4.31 Å². The molecule has 1 saturated heterocycles. The molecule has 0 radical (unpaired) electrons. The first kappa shape index (κ1) is 21.6. The second kappa shape index (κ2) is 8.86. The van der Waals surface area contributed by atoms with Crippen LogP contribution in [0.25, 0.3) is 0 Å². The largest absolute Gasteiger partial charge is 0.454 e. The minimum Gasteiger partial charge on any atom is -0.454 e. The Bertz CT molecular complexity index is 1060. The van der Waals surface area contributed by atoms with E-state index in [0.29, 0.717) is 54.7 Å². The van der Waals surface area contributed by atoms with Crippen molar-refractivity contribution in [1.82, 2.24) is 9.21 Å². The van der Waals surface area contributed by atoms with Crippen molar-refractivity contribution in [2.24, 2.45) is 0 Å². The Balaban J connectivity index is 1.38. The van der Waals surface area contributed by atoms with E-state index in [4.69, 9.17) is 9.47 Å². The van der Waals surface area contributed by atoms with E-state index in [9.17, 15) is 13.2 Å². The minimum absolute atomic E-state index is 0.145. The topological polar surface area (TPSA) is 88.2 Å². The molecule has 31 heavy (non-hydrogen) atoms. The normalized spacial score (nSPS) is 18.4. The summed E-state index contributed by atoms with van der Waals surface area (Å²) >= 11 is 0. The van der Waals surface area contributed by atoms with Gasteiger partial charge in [0.2, 0.25) is 22.7 Å². The molecule has 0 saturated carbocycles. The van der Waals surface area contributed by atoms with Crippen molar-refractivity contribution in [1.29, 1.82) is 0 Å². The molecule has 2 aliphatic rings. The zero-order valence-corrected chi connectivity index (χ0v) is 18.5. The maximum atomic E-state index is 13.0. The second-order valence-electron chi connectivity index (χ2n) is 7.84. The summed E-state index contributed by atoms with van der Waals surface area (Å²) in [6.45, 7) is 5.86. The third kappa shape index (κ3) is 4.68. The predicted octanol–water partition coefficient (Wildman–Crippen LogP) is 2.45. The number of ether oxygens (including phenoxy) is 2. The van der Waals surface area contributed by atoms with Crippen LogP contribution in [-0.4, -0.2) is 62.5 Å². The number of fused-ring (bicyclic) bond motifs is 1. The van der Waals surface area contributed by atoms with Gasteiger partial charge in [0, 0.05) is 37.9 Å². The van der Waals surface area contributed by atoms with Crippen molar-refractivity contribution in [3.05, 3.63) is 48.0 Å². The van der Waals surface area contributed by atoms with Gasteiger partial charge in [0.25, 0.3) is 0 Å². The standard InChI is InChI=1S/C22H27N3O5S/c1-16-4-7-19(8-5-16)31(27,28)25-11-3-10-24(12-13-25)17(2)22(26)23-18-6-9-20-21(14-18)30-15-29-20/h4-9,14,17H,3,10-13,15H2,1-2H3,(H,23,26)/t17-/m0/s1. The van der Waals surface area contributed by atoms with Crippen molar-refractivity contribution in [3.8, 4) is 11.5 Å². The van der Waals surface area contributed by atoms with Crippen molar-refractivity contribution in [2.45, 2.75) is 31.2 Å². The second-order valence-corrected chi connectivity index (χ2v) is 9.78. The lowest BCUT2D eigenvalue weighted by Gasteiger charge is -2.27. The monoisotopic (exact) mass is 445 g/mol. The number of benzene rings is 2. The zero-order chi connectivity index (χ0) is 22.0. The van der Waals surface area contributed by atoms with E-state index in [-0.39, 0.29) is 12.7 Å². The molecule has 1 amide bonds. The molecule has 0 spiro atoms. The predicted molar refractivity (Wildman–Crippen MR) is 117 cm³/mol. The van der Waals surface area contributed by atoms with Crippen LogP contribution in [0.2, 0.25) is 0 Å². The van der Waals surface area contributed by atoms with Crippen LogP contribution >= 0.6 is 0 Å². The molecule has 2 aromatic rings. The Morgan fingerprint density at radius 3 is 2.52 bits per heavy atom. The number of sulfonamides is 1. The van der Waals surface area contributed by atoms with Gasteiger partial charge in [0.05, 0.1) is 10.9 Å². The van der Waals surface area contributed by atoms with E-state index in [1.54, 1.807) is 42.5 Å². The number of carbonyl (C=O) groups excluding carboxylic acids is 1. The van der Waals surface area contributed by atoms with E-state index in [2.05, 4.69) is 5.32 Å². The van der Waals surface area contributed by atoms with E-state index in [1.807, 2.05) is 18.7 Å². The molecule has 0 aromatic heterocycles. The van der Waals surface area contributed by atoms with Crippen LogP contribution in [0.1, 0.15) is 18.9 Å². The smallest absolute Gasteiger partial charge is 0.243 e. The van der Waals surface area contributed by atoms with Gasteiger partial charge < -0.3 is 14.8 Å². The Morgan fingerprint density at radius 1 is 1.00 bits per heavy atom. The van der Waals surface area contributed by atoms with Gasteiger partial charge in [0.15, 0.2) is 11.5 Å². The van der Waals surface area contributed by atoms with Crippen LogP contribution in [0.5, 0.6) is 11.5 Å². The Labute approximate surface area is 182 Å². The summed E-state index contributed by atoms with van der Waals surface area (Å²) < 4.78 is 38.2. The lowest BCUT2D eigenvalue weighted by molar-refractivity contribution is -0.120. The number of hydrogen-bond acceptors (Lipinski definition) is 6. The number of amides is 1. The summed E-state index contributed by atoms with van der Waals surface area (Å²) in [5.74, 6) is 1.12. The molecule has 9 heteroatoms. The van der Waals surface area contributed by atoms with Crippen molar-refractivity contribution >= 4 is 21.6 Å². The van der Waals surface area contributed by atoms with Gasteiger partial charge >= 0.3 is 0 Å². The fourth-order valence-corrected chi connectivity index (χ4v) is 5.26. The first-order valence-electron chi connectivity index (χ1n) is 10.4. The highest BCUT2D eigenvalue weighted by Gasteiger charge is 2.30. The Hall–Kier alpha value is -2.62. The molecule has 2 heterocycles. The van der Waals surface area contributed by atoms with Crippen LogP contribution in [0, 0.1) is 6.92 Å². The molecule has 0 bridgehead atoms. The number of carbonyl (C=O) groups is 1. The summed E-state index contributed by atoms with van der Waals surface area (Å²) in [5.41, 5.74) is 1.66. The molecule has 2 aliphatic heterocycles. The molecule has 2 aromatic carbocycles. The number of aryl methyl sites for hydroxylation is 1. The number of nitrogens with one attached hydrogen (secondary N) is 1. The summed E-state index contributed by atoms with van der Waals surface area (Å²) in [6, 6.07) is 11.8. The first-order chi connectivity index (χ1) is 14.8. The van der Waals surface area contributed by atoms with Crippen molar-refractivity contribution in [2.75, 3.05) is 38.3 Å². The van der Waals surface area contributed by atoms with Crippen molar-refractivity contribution in [3.63, 3.8) is 0 Å². The van der Waals surface area contributed by atoms with Gasteiger partial charge in [0.1, 0.15) is 0 Å². The molecule has 8 nitrogen and oxygen atoms in total. The first-order valence-corrected chi connectivity index (χ1v) is 11.8. The van der Waals surface area contributed by atoms with Gasteiger partial charge in [-0.15, -0.1) is 0 Å². The highest BCUT2D eigenvalue weighted by Crippen LogP contribution is 2.34. The third-order valence-electron chi connectivity index (χ3n) is 5.72. The third-order valence-corrected chi connectivity index (χ3v) is 7.63. The van der Waals surface area contributed by atoms with Gasteiger partial charge in [-0.05, 0) is 44.5 Å². The van der Waals surface area contributed by atoms with E-state index >= 15 is 0 Å². The summed E-state index contributed by atoms with van der Waals surface area (Å²) in [4.78, 5) is 15.1. The summed E-state index contributed by atoms with van der Waals surface area (Å²) in [6.07, 6.45) is 0.659.